The minimum absolute atomic E-state index is 0.230. The fraction of sp³-hybridized carbons (Fsp3) is 0.278. The van der Waals surface area contributed by atoms with E-state index in [2.05, 4.69) is 41.3 Å². The Morgan fingerprint density at radius 3 is 2.80 bits per heavy atom. The number of ether oxygens (including phenoxy) is 1. The summed E-state index contributed by atoms with van der Waals surface area (Å²) < 4.78 is 5.26. The molecule has 7 heteroatoms. The molecular formula is C18H18N4O2S. The number of rotatable bonds is 2. The van der Waals surface area contributed by atoms with Crippen LogP contribution in [-0.4, -0.2) is 28.8 Å². The van der Waals surface area contributed by atoms with Gasteiger partial charge in [-0.1, -0.05) is 30.0 Å². The molecule has 0 fully saturated rings. The summed E-state index contributed by atoms with van der Waals surface area (Å²) in [7, 11) is 0. The predicted molar refractivity (Wildman–Crippen MR) is 97.6 cm³/mol. The van der Waals surface area contributed by atoms with E-state index >= 15 is 0 Å². The fourth-order valence-corrected chi connectivity index (χ4v) is 3.69. The Morgan fingerprint density at radius 2 is 2.08 bits per heavy atom. The number of benzene rings is 1. The molecule has 0 amide bonds. The minimum Gasteiger partial charge on any atom is -0.456 e. The maximum Gasteiger partial charge on any atom is 0.337 e. The van der Waals surface area contributed by atoms with Gasteiger partial charge in [0.25, 0.3) is 0 Å². The smallest absolute Gasteiger partial charge is 0.337 e. The number of nitrogens with one attached hydrogen (secondary N) is 1. The van der Waals surface area contributed by atoms with E-state index in [4.69, 9.17) is 10.5 Å². The van der Waals surface area contributed by atoms with Crippen LogP contribution in [0.25, 0.3) is 0 Å². The van der Waals surface area contributed by atoms with Gasteiger partial charge in [-0.15, -0.1) is 0 Å². The topological polar surface area (TPSA) is 90.1 Å². The van der Waals surface area contributed by atoms with E-state index in [1.165, 1.54) is 17.3 Å². The van der Waals surface area contributed by atoms with Gasteiger partial charge < -0.3 is 15.8 Å². The highest BCUT2D eigenvalue weighted by molar-refractivity contribution is 7.98. The first kappa shape index (κ1) is 16.0. The molecule has 0 saturated carbocycles. The molecule has 0 saturated heterocycles. The number of cyclic esters (lactones) is 1. The van der Waals surface area contributed by atoms with Crippen LogP contribution in [0.5, 0.6) is 0 Å². The molecule has 3 N–H and O–H groups in total. The van der Waals surface area contributed by atoms with Crippen molar-refractivity contribution in [2.24, 2.45) is 0 Å². The van der Waals surface area contributed by atoms with Gasteiger partial charge in [0.2, 0.25) is 0 Å². The van der Waals surface area contributed by atoms with Crippen molar-refractivity contribution >= 4 is 29.4 Å². The third kappa shape index (κ3) is 2.46. The zero-order valence-electron chi connectivity index (χ0n) is 14.2. The Morgan fingerprint density at radius 1 is 1.28 bits per heavy atom. The largest absolute Gasteiger partial charge is 0.456 e. The maximum absolute atomic E-state index is 12.4. The summed E-state index contributed by atoms with van der Waals surface area (Å²) in [5.41, 5.74) is 11.7. The molecular weight excluding hydrogens is 336 g/mol. The number of nitrogens with zero attached hydrogens (tertiary/aromatic N) is 2. The summed E-state index contributed by atoms with van der Waals surface area (Å²) in [6, 6.07) is 6.17. The number of carbonyl (C=O) groups excluding carboxylic acids is 1. The van der Waals surface area contributed by atoms with Crippen LogP contribution < -0.4 is 11.1 Å². The molecule has 1 atom stereocenters. The minimum atomic E-state index is -0.323. The van der Waals surface area contributed by atoms with E-state index in [0.717, 1.165) is 22.4 Å². The van der Waals surface area contributed by atoms with E-state index in [1.807, 2.05) is 12.3 Å². The lowest BCUT2D eigenvalue weighted by Gasteiger charge is -2.27. The number of nitrogen functional groups attached to an aromatic ring is 1. The normalized spacial score (nSPS) is 18.5. The molecule has 2 aromatic rings. The lowest BCUT2D eigenvalue weighted by molar-refractivity contribution is -0.136. The van der Waals surface area contributed by atoms with Gasteiger partial charge >= 0.3 is 5.97 Å². The zero-order valence-corrected chi connectivity index (χ0v) is 15.0. The molecule has 0 spiro atoms. The van der Waals surface area contributed by atoms with Crippen LogP contribution in [-0.2, 0) is 9.53 Å². The molecule has 4 rings (SSSR count). The number of hydrogen-bond donors (Lipinski definition) is 2. The van der Waals surface area contributed by atoms with Crippen molar-refractivity contribution in [3.8, 4) is 0 Å². The lowest BCUT2D eigenvalue weighted by Crippen LogP contribution is -2.23. The second-order valence-corrected chi connectivity index (χ2v) is 7.00. The standard InChI is InChI=1S/C18H18N4O2S/c1-8-4-5-10(6-9(8)2)12-13-11(7-24-17(13)23)20-16-14(12)15(19)21-18(22-16)25-3/h4-6,12H,7H2,1-3H3,(H3,19,20,21,22)/t12-/m1/s1. The Balaban J connectivity index is 1.97. The average molecular weight is 354 g/mol. The summed E-state index contributed by atoms with van der Waals surface area (Å²) in [5.74, 6) is 0.398. The average Bonchev–Trinajstić information content (AvgIpc) is 2.96. The van der Waals surface area contributed by atoms with Crippen LogP contribution in [0, 0.1) is 13.8 Å². The van der Waals surface area contributed by atoms with Crippen LogP contribution in [0.2, 0.25) is 0 Å². The van der Waals surface area contributed by atoms with Crippen molar-refractivity contribution in [1.82, 2.24) is 9.97 Å². The van der Waals surface area contributed by atoms with E-state index < -0.39 is 0 Å². The number of aryl methyl sites for hydroxylation is 2. The van der Waals surface area contributed by atoms with E-state index in [1.54, 1.807) is 0 Å². The van der Waals surface area contributed by atoms with Crippen molar-refractivity contribution in [2.75, 3.05) is 23.9 Å². The fourth-order valence-electron chi connectivity index (χ4n) is 3.31. The van der Waals surface area contributed by atoms with Crippen LogP contribution >= 0.6 is 11.8 Å². The van der Waals surface area contributed by atoms with E-state index in [9.17, 15) is 4.79 Å². The molecule has 2 aliphatic heterocycles. The highest BCUT2D eigenvalue weighted by Crippen LogP contribution is 2.46. The van der Waals surface area contributed by atoms with Crippen molar-refractivity contribution < 1.29 is 9.53 Å². The van der Waals surface area contributed by atoms with E-state index in [0.29, 0.717) is 22.4 Å². The first-order valence-electron chi connectivity index (χ1n) is 7.95. The molecule has 1 aromatic carbocycles. The Hall–Kier alpha value is -2.54. The summed E-state index contributed by atoms with van der Waals surface area (Å²) in [4.78, 5) is 21.3. The highest BCUT2D eigenvalue weighted by Gasteiger charge is 2.40. The number of nitrogens with two attached hydrogens (primary N) is 1. The van der Waals surface area contributed by atoms with Crippen LogP contribution in [0.4, 0.5) is 11.6 Å². The number of thioether (sulfide) groups is 1. The van der Waals surface area contributed by atoms with Gasteiger partial charge in [-0.25, -0.2) is 14.8 Å². The van der Waals surface area contributed by atoms with Gasteiger partial charge in [-0.2, -0.15) is 0 Å². The van der Waals surface area contributed by atoms with Crippen LogP contribution in [0.15, 0.2) is 34.6 Å². The molecule has 2 aliphatic rings. The maximum atomic E-state index is 12.4. The summed E-state index contributed by atoms with van der Waals surface area (Å²) in [5, 5.41) is 3.81. The van der Waals surface area contributed by atoms with Gasteiger partial charge in [0, 0.05) is 5.56 Å². The number of anilines is 2. The number of hydrogen-bond acceptors (Lipinski definition) is 7. The predicted octanol–water partition coefficient (Wildman–Crippen LogP) is 2.77. The number of aromatic nitrogens is 2. The molecule has 1 aromatic heterocycles. The summed E-state index contributed by atoms with van der Waals surface area (Å²) >= 11 is 1.43. The first-order chi connectivity index (χ1) is 12.0. The molecule has 6 nitrogen and oxygen atoms in total. The van der Waals surface area contributed by atoms with Crippen molar-refractivity contribution in [3.05, 3.63) is 51.7 Å². The third-order valence-electron chi connectivity index (χ3n) is 4.74. The van der Waals surface area contributed by atoms with Crippen LogP contribution in [0.3, 0.4) is 0 Å². The van der Waals surface area contributed by atoms with Gasteiger partial charge in [-0.05, 0) is 36.8 Å². The molecule has 128 valence electrons. The molecule has 0 unspecified atom stereocenters. The molecule has 25 heavy (non-hydrogen) atoms. The van der Waals surface area contributed by atoms with E-state index in [-0.39, 0.29) is 18.5 Å². The molecule has 0 radical (unpaired) electrons. The Kier molecular flexibility index (Phi) is 3.68. The second-order valence-electron chi connectivity index (χ2n) is 6.23. The van der Waals surface area contributed by atoms with Crippen LogP contribution in [0.1, 0.15) is 28.2 Å². The van der Waals surface area contributed by atoms with Crippen molar-refractivity contribution in [2.45, 2.75) is 24.9 Å². The third-order valence-corrected chi connectivity index (χ3v) is 5.29. The quantitative estimate of drug-likeness (QED) is 0.487. The summed E-state index contributed by atoms with van der Waals surface area (Å²) in [6.45, 7) is 4.35. The lowest BCUT2D eigenvalue weighted by atomic mass is 9.81. The molecule has 3 heterocycles. The molecule has 0 aliphatic carbocycles. The monoisotopic (exact) mass is 354 g/mol. The van der Waals surface area contributed by atoms with Gasteiger partial charge in [0.1, 0.15) is 18.2 Å². The second kappa shape index (κ2) is 5.77. The number of fused-ring (bicyclic) bond motifs is 1. The first-order valence-corrected chi connectivity index (χ1v) is 9.17. The van der Waals surface area contributed by atoms with Gasteiger partial charge in [0.05, 0.1) is 17.2 Å². The Labute approximate surface area is 149 Å². The summed E-state index contributed by atoms with van der Waals surface area (Å²) in [6.07, 6.45) is 1.90. The number of carbonyl (C=O) groups is 1. The van der Waals surface area contributed by atoms with Crippen molar-refractivity contribution in [3.63, 3.8) is 0 Å². The van der Waals surface area contributed by atoms with Crippen molar-refractivity contribution in [1.29, 1.82) is 0 Å². The zero-order chi connectivity index (χ0) is 17.7. The number of esters is 1. The highest BCUT2D eigenvalue weighted by atomic mass is 32.2. The Bertz CT molecular complexity index is 939. The van der Waals surface area contributed by atoms with Gasteiger partial charge in [0.15, 0.2) is 5.16 Å². The SMILES string of the molecule is CSc1nc(N)c2c(n1)NC1=C(C(=O)OC1)[C@H]2c1ccc(C)c(C)c1. The van der Waals surface area contributed by atoms with Gasteiger partial charge in [-0.3, -0.25) is 0 Å². The molecule has 0 bridgehead atoms.